The topological polar surface area (TPSA) is 21.3 Å². The van der Waals surface area contributed by atoms with Gasteiger partial charge in [-0.15, -0.1) is 0 Å². The fourth-order valence-corrected chi connectivity index (χ4v) is 1.86. The van der Waals surface area contributed by atoms with Crippen LogP contribution in [0.4, 0.5) is 0 Å². The highest BCUT2D eigenvalue weighted by molar-refractivity contribution is 5.33. The molecule has 1 aliphatic rings. The summed E-state index contributed by atoms with van der Waals surface area (Å²) in [7, 11) is 0. The van der Waals surface area contributed by atoms with Crippen LogP contribution in [0.5, 0.6) is 5.75 Å². The van der Waals surface area contributed by atoms with Crippen molar-refractivity contribution in [3.05, 3.63) is 36.2 Å². The van der Waals surface area contributed by atoms with Crippen molar-refractivity contribution in [3.63, 3.8) is 0 Å². The SMILES string of the molecule is CCc1ccccc1OC1[CH]CCNC1. The molecule has 1 aromatic carbocycles. The monoisotopic (exact) mass is 204 g/mol. The average Bonchev–Trinajstić information content (AvgIpc) is 2.31. The Balaban J connectivity index is 2.02. The van der Waals surface area contributed by atoms with Crippen molar-refractivity contribution in [1.29, 1.82) is 0 Å². The quantitative estimate of drug-likeness (QED) is 0.815. The van der Waals surface area contributed by atoms with Crippen LogP contribution in [-0.4, -0.2) is 19.2 Å². The van der Waals surface area contributed by atoms with E-state index in [2.05, 4.69) is 36.9 Å². The molecule has 2 heteroatoms. The Labute approximate surface area is 91.6 Å². The second kappa shape index (κ2) is 5.17. The number of piperidine rings is 1. The minimum atomic E-state index is 0.228. The molecule has 1 atom stereocenters. The van der Waals surface area contributed by atoms with E-state index >= 15 is 0 Å². The summed E-state index contributed by atoms with van der Waals surface area (Å²) in [6, 6.07) is 8.28. The van der Waals surface area contributed by atoms with Gasteiger partial charge in [-0.1, -0.05) is 25.1 Å². The Morgan fingerprint density at radius 1 is 1.40 bits per heavy atom. The number of hydrogen-bond donors (Lipinski definition) is 1. The molecule has 0 spiro atoms. The molecule has 0 saturated carbocycles. The van der Waals surface area contributed by atoms with Gasteiger partial charge < -0.3 is 10.1 Å². The van der Waals surface area contributed by atoms with E-state index in [1.807, 2.05) is 6.07 Å². The van der Waals surface area contributed by atoms with Crippen molar-refractivity contribution in [2.24, 2.45) is 0 Å². The molecule has 2 rings (SSSR count). The van der Waals surface area contributed by atoms with E-state index in [0.717, 1.165) is 31.7 Å². The Morgan fingerprint density at radius 2 is 2.27 bits per heavy atom. The summed E-state index contributed by atoms with van der Waals surface area (Å²) in [6.07, 6.45) is 4.60. The predicted molar refractivity (Wildman–Crippen MR) is 62.0 cm³/mol. The third-order valence-electron chi connectivity index (χ3n) is 2.73. The van der Waals surface area contributed by atoms with E-state index in [9.17, 15) is 0 Å². The molecule has 15 heavy (non-hydrogen) atoms. The number of benzene rings is 1. The zero-order valence-corrected chi connectivity index (χ0v) is 9.20. The fourth-order valence-electron chi connectivity index (χ4n) is 1.86. The summed E-state index contributed by atoms with van der Waals surface area (Å²) >= 11 is 0. The highest BCUT2D eigenvalue weighted by Gasteiger charge is 2.15. The van der Waals surface area contributed by atoms with Crippen LogP contribution in [0.2, 0.25) is 0 Å². The lowest BCUT2D eigenvalue weighted by molar-refractivity contribution is 0.209. The number of rotatable bonds is 3. The Bertz CT molecular complexity index is 305. The van der Waals surface area contributed by atoms with E-state index in [1.54, 1.807) is 0 Å². The van der Waals surface area contributed by atoms with Gasteiger partial charge in [0, 0.05) is 13.0 Å². The smallest absolute Gasteiger partial charge is 0.122 e. The van der Waals surface area contributed by atoms with Crippen LogP contribution in [-0.2, 0) is 6.42 Å². The van der Waals surface area contributed by atoms with Crippen LogP contribution in [0.3, 0.4) is 0 Å². The van der Waals surface area contributed by atoms with Gasteiger partial charge in [0.1, 0.15) is 11.9 Å². The fraction of sp³-hybridized carbons (Fsp3) is 0.462. The molecule has 0 aromatic heterocycles. The normalized spacial score (nSPS) is 21.3. The van der Waals surface area contributed by atoms with Gasteiger partial charge >= 0.3 is 0 Å². The lowest BCUT2D eigenvalue weighted by Crippen LogP contribution is -2.37. The van der Waals surface area contributed by atoms with E-state index in [-0.39, 0.29) is 6.10 Å². The van der Waals surface area contributed by atoms with Crippen molar-refractivity contribution >= 4 is 0 Å². The molecular weight excluding hydrogens is 186 g/mol. The maximum Gasteiger partial charge on any atom is 0.122 e. The first kappa shape index (κ1) is 10.5. The maximum atomic E-state index is 5.96. The van der Waals surface area contributed by atoms with Gasteiger partial charge in [0.05, 0.1) is 0 Å². The van der Waals surface area contributed by atoms with E-state index < -0.39 is 0 Å². The maximum absolute atomic E-state index is 5.96. The summed E-state index contributed by atoms with van der Waals surface area (Å²) in [5.74, 6) is 1.03. The van der Waals surface area contributed by atoms with Gasteiger partial charge in [0.25, 0.3) is 0 Å². The molecule has 1 unspecified atom stereocenters. The summed E-state index contributed by atoms with van der Waals surface area (Å²) < 4.78 is 5.96. The molecule has 1 fully saturated rings. The van der Waals surface area contributed by atoms with E-state index in [4.69, 9.17) is 4.74 Å². The Kier molecular flexibility index (Phi) is 3.62. The van der Waals surface area contributed by atoms with Gasteiger partial charge in [0.15, 0.2) is 0 Å². The van der Waals surface area contributed by atoms with Crippen LogP contribution >= 0.6 is 0 Å². The molecule has 1 aliphatic heterocycles. The summed E-state index contributed by atoms with van der Waals surface area (Å²) in [6.45, 7) is 4.17. The van der Waals surface area contributed by atoms with E-state index in [1.165, 1.54) is 5.56 Å². The number of para-hydroxylation sites is 1. The number of nitrogens with one attached hydrogen (secondary N) is 1. The van der Waals surface area contributed by atoms with Crippen LogP contribution < -0.4 is 10.1 Å². The van der Waals surface area contributed by atoms with Crippen molar-refractivity contribution in [2.45, 2.75) is 25.9 Å². The summed E-state index contributed by atoms with van der Waals surface area (Å²) in [5.41, 5.74) is 1.29. The first-order chi connectivity index (χ1) is 7.40. The molecule has 1 saturated heterocycles. The van der Waals surface area contributed by atoms with Crippen molar-refractivity contribution in [2.75, 3.05) is 13.1 Å². The van der Waals surface area contributed by atoms with Crippen molar-refractivity contribution in [3.8, 4) is 5.75 Å². The Morgan fingerprint density at radius 3 is 3.00 bits per heavy atom. The zero-order valence-electron chi connectivity index (χ0n) is 9.20. The molecule has 1 radical (unpaired) electrons. The molecule has 0 amide bonds. The standard InChI is InChI=1S/C13H18NO/c1-2-11-6-3-4-8-13(11)15-12-7-5-9-14-10-12/h3-4,6-8,12,14H,2,5,9-10H2,1H3. The van der Waals surface area contributed by atoms with Crippen LogP contribution in [0.15, 0.2) is 24.3 Å². The number of hydrogen-bond acceptors (Lipinski definition) is 2. The molecule has 1 aromatic rings. The van der Waals surface area contributed by atoms with Gasteiger partial charge in [-0.3, -0.25) is 0 Å². The van der Waals surface area contributed by atoms with Crippen molar-refractivity contribution in [1.82, 2.24) is 5.32 Å². The Hall–Kier alpha value is -1.02. The number of ether oxygens (including phenoxy) is 1. The van der Waals surface area contributed by atoms with Gasteiger partial charge in [-0.25, -0.2) is 0 Å². The van der Waals surface area contributed by atoms with Gasteiger partial charge in [-0.05, 0) is 31.0 Å². The highest BCUT2D eigenvalue weighted by Crippen LogP contribution is 2.21. The number of aryl methyl sites for hydroxylation is 1. The zero-order chi connectivity index (χ0) is 10.5. The molecule has 1 N–H and O–H groups in total. The van der Waals surface area contributed by atoms with Crippen molar-refractivity contribution < 1.29 is 4.74 Å². The van der Waals surface area contributed by atoms with Gasteiger partial charge in [0.2, 0.25) is 0 Å². The third-order valence-corrected chi connectivity index (χ3v) is 2.73. The molecule has 0 bridgehead atoms. The lowest BCUT2D eigenvalue weighted by Gasteiger charge is -2.24. The van der Waals surface area contributed by atoms with Crippen LogP contribution in [0.25, 0.3) is 0 Å². The largest absolute Gasteiger partial charge is 0.489 e. The predicted octanol–water partition coefficient (Wildman–Crippen LogP) is 2.19. The molecule has 0 aliphatic carbocycles. The summed E-state index contributed by atoms with van der Waals surface area (Å²) in [5, 5.41) is 3.34. The minimum absolute atomic E-state index is 0.228. The van der Waals surface area contributed by atoms with Gasteiger partial charge in [-0.2, -0.15) is 0 Å². The van der Waals surface area contributed by atoms with Crippen LogP contribution in [0, 0.1) is 6.42 Å². The molecule has 2 nitrogen and oxygen atoms in total. The second-order valence-corrected chi connectivity index (χ2v) is 3.85. The first-order valence-corrected chi connectivity index (χ1v) is 5.68. The first-order valence-electron chi connectivity index (χ1n) is 5.68. The lowest BCUT2D eigenvalue weighted by atomic mass is 10.1. The minimum Gasteiger partial charge on any atom is -0.489 e. The molecule has 81 valence electrons. The summed E-state index contributed by atoms with van der Waals surface area (Å²) in [4.78, 5) is 0. The van der Waals surface area contributed by atoms with E-state index in [0.29, 0.717) is 0 Å². The average molecular weight is 204 g/mol. The molecular formula is C13H18NO. The second-order valence-electron chi connectivity index (χ2n) is 3.85. The highest BCUT2D eigenvalue weighted by atomic mass is 16.5. The third kappa shape index (κ3) is 2.72. The molecule has 1 heterocycles. The van der Waals surface area contributed by atoms with Crippen LogP contribution in [0.1, 0.15) is 18.9 Å².